The summed E-state index contributed by atoms with van der Waals surface area (Å²) in [7, 11) is 1.57. The Hall–Kier alpha value is -4.05. The molecule has 1 unspecified atom stereocenters. The summed E-state index contributed by atoms with van der Waals surface area (Å²) in [6.07, 6.45) is 3.37. The van der Waals surface area contributed by atoms with Crippen LogP contribution in [-0.2, 0) is 4.74 Å². The molecule has 1 aliphatic rings. The molecule has 9 nitrogen and oxygen atoms in total. The van der Waals surface area contributed by atoms with E-state index in [0.29, 0.717) is 46.6 Å². The average molecular weight is 581 g/mol. The van der Waals surface area contributed by atoms with Gasteiger partial charge in [0.2, 0.25) is 0 Å². The van der Waals surface area contributed by atoms with Crippen LogP contribution in [0.15, 0.2) is 77.7 Å². The van der Waals surface area contributed by atoms with Crippen LogP contribution in [0.5, 0.6) is 17.2 Å². The minimum absolute atomic E-state index is 0.0274. The zero-order chi connectivity index (χ0) is 28.1. The normalized spacial score (nSPS) is 14.5. The second-order valence-corrected chi connectivity index (χ2v) is 9.84. The molecule has 0 aliphatic carbocycles. The molecule has 0 radical (unpaired) electrons. The standard InChI is InChI=1S/C29H26Cl2N4O5/c1-38-21-8-10-22(11-9-21)40-26-17-33-35(20-7-12-24(30)25(31)15-20)29(37)27(26)34-19-5-2-4-18(14-19)28(36)32-16-23-6-3-13-39-23/h2,4-5,7-12,14-15,17,23,34H,3,6,13,16H2,1H3,(H,32,36). The van der Waals surface area contributed by atoms with Crippen molar-refractivity contribution < 1.29 is 19.0 Å². The number of ether oxygens (including phenoxy) is 3. The van der Waals surface area contributed by atoms with Crippen LogP contribution in [0.4, 0.5) is 11.4 Å². The summed E-state index contributed by atoms with van der Waals surface area (Å²) in [5.41, 5.74) is 0.958. The predicted molar refractivity (Wildman–Crippen MR) is 154 cm³/mol. The van der Waals surface area contributed by atoms with Gasteiger partial charge in [0.1, 0.15) is 11.5 Å². The molecule has 1 aliphatic heterocycles. The summed E-state index contributed by atoms with van der Waals surface area (Å²) in [5.74, 6) is 1.07. The molecule has 5 rings (SSSR count). The van der Waals surface area contributed by atoms with E-state index in [0.717, 1.165) is 12.8 Å². The smallest absolute Gasteiger partial charge is 0.299 e. The van der Waals surface area contributed by atoms with E-state index >= 15 is 0 Å². The van der Waals surface area contributed by atoms with Gasteiger partial charge in [-0.15, -0.1) is 0 Å². The van der Waals surface area contributed by atoms with Crippen LogP contribution in [-0.4, -0.2) is 42.1 Å². The molecule has 2 heterocycles. The number of nitrogens with zero attached hydrogens (tertiary/aromatic N) is 2. The molecular formula is C29H26Cl2N4O5. The Morgan fingerprint density at radius 1 is 1.07 bits per heavy atom. The van der Waals surface area contributed by atoms with Crippen molar-refractivity contribution in [3.8, 4) is 22.9 Å². The van der Waals surface area contributed by atoms with E-state index in [4.69, 9.17) is 37.4 Å². The van der Waals surface area contributed by atoms with Crippen molar-refractivity contribution in [3.05, 3.63) is 98.9 Å². The van der Waals surface area contributed by atoms with Gasteiger partial charge in [-0.3, -0.25) is 9.59 Å². The Morgan fingerprint density at radius 2 is 1.88 bits per heavy atom. The minimum Gasteiger partial charge on any atom is -0.497 e. The molecule has 0 spiro atoms. The van der Waals surface area contributed by atoms with Crippen molar-refractivity contribution in [1.82, 2.24) is 15.1 Å². The van der Waals surface area contributed by atoms with Gasteiger partial charge in [-0.1, -0.05) is 29.3 Å². The zero-order valence-corrected chi connectivity index (χ0v) is 23.0. The summed E-state index contributed by atoms with van der Waals surface area (Å²) in [6.45, 7) is 1.15. The quantitative estimate of drug-likeness (QED) is 0.250. The highest BCUT2D eigenvalue weighted by Crippen LogP contribution is 2.31. The van der Waals surface area contributed by atoms with E-state index in [1.807, 2.05) is 0 Å². The summed E-state index contributed by atoms with van der Waals surface area (Å²) < 4.78 is 18.0. The van der Waals surface area contributed by atoms with Crippen LogP contribution >= 0.6 is 23.2 Å². The molecule has 1 aromatic heterocycles. The van der Waals surface area contributed by atoms with Gasteiger partial charge < -0.3 is 24.8 Å². The van der Waals surface area contributed by atoms with Gasteiger partial charge in [0.05, 0.1) is 35.1 Å². The minimum atomic E-state index is -0.502. The first-order chi connectivity index (χ1) is 19.4. The van der Waals surface area contributed by atoms with Crippen molar-refractivity contribution in [1.29, 1.82) is 0 Å². The number of amides is 1. The number of anilines is 2. The molecule has 1 saturated heterocycles. The lowest BCUT2D eigenvalue weighted by Crippen LogP contribution is -2.31. The maximum atomic E-state index is 13.7. The first-order valence-corrected chi connectivity index (χ1v) is 13.3. The Morgan fingerprint density at radius 3 is 2.60 bits per heavy atom. The Labute approximate surface area is 240 Å². The van der Waals surface area contributed by atoms with Crippen LogP contribution in [0.2, 0.25) is 10.0 Å². The van der Waals surface area contributed by atoms with Crippen molar-refractivity contribution in [2.75, 3.05) is 25.6 Å². The van der Waals surface area contributed by atoms with E-state index in [1.54, 1.807) is 73.8 Å². The summed E-state index contributed by atoms with van der Waals surface area (Å²) in [4.78, 5) is 26.5. The molecule has 3 aromatic carbocycles. The predicted octanol–water partition coefficient (Wildman–Crippen LogP) is 5.99. The van der Waals surface area contributed by atoms with Gasteiger partial charge in [-0.25, -0.2) is 0 Å². The maximum absolute atomic E-state index is 13.7. The third-order valence-electron chi connectivity index (χ3n) is 6.29. The molecule has 1 amide bonds. The second-order valence-electron chi connectivity index (χ2n) is 9.03. The van der Waals surface area contributed by atoms with Gasteiger partial charge in [-0.2, -0.15) is 9.78 Å². The highest BCUT2D eigenvalue weighted by molar-refractivity contribution is 6.42. The SMILES string of the molecule is COc1ccc(Oc2cnn(-c3ccc(Cl)c(Cl)c3)c(=O)c2Nc2cccc(C(=O)NCC3CCCO3)c2)cc1. The number of nitrogens with one attached hydrogen (secondary N) is 2. The van der Waals surface area contributed by atoms with Crippen LogP contribution in [0.3, 0.4) is 0 Å². The van der Waals surface area contributed by atoms with E-state index in [-0.39, 0.29) is 28.5 Å². The summed E-state index contributed by atoms with van der Waals surface area (Å²) >= 11 is 12.3. The average Bonchev–Trinajstić information content (AvgIpc) is 3.50. The zero-order valence-electron chi connectivity index (χ0n) is 21.5. The molecule has 1 atom stereocenters. The van der Waals surface area contributed by atoms with Crippen molar-refractivity contribution >= 4 is 40.5 Å². The Kier molecular flexibility index (Phi) is 8.54. The monoisotopic (exact) mass is 580 g/mol. The van der Waals surface area contributed by atoms with Crippen LogP contribution < -0.4 is 25.7 Å². The van der Waals surface area contributed by atoms with E-state index < -0.39 is 5.56 Å². The lowest BCUT2D eigenvalue weighted by molar-refractivity contribution is 0.0858. The molecule has 11 heteroatoms. The number of carbonyl (C=O) groups excluding carboxylic acids is 1. The Balaban J connectivity index is 1.47. The number of hydrogen-bond donors (Lipinski definition) is 2. The molecule has 0 bridgehead atoms. The topological polar surface area (TPSA) is 104 Å². The molecule has 0 saturated carbocycles. The van der Waals surface area contributed by atoms with Crippen molar-refractivity contribution in [2.45, 2.75) is 18.9 Å². The highest BCUT2D eigenvalue weighted by atomic mass is 35.5. The lowest BCUT2D eigenvalue weighted by atomic mass is 10.1. The highest BCUT2D eigenvalue weighted by Gasteiger charge is 2.19. The number of rotatable bonds is 9. The van der Waals surface area contributed by atoms with Gasteiger partial charge >= 0.3 is 0 Å². The first kappa shape index (κ1) is 27.5. The summed E-state index contributed by atoms with van der Waals surface area (Å²) in [5, 5.41) is 11.0. The lowest BCUT2D eigenvalue weighted by Gasteiger charge is -2.16. The fourth-order valence-electron chi connectivity index (χ4n) is 4.20. The third-order valence-corrected chi connectivity index (χ3v) is 7.03. The molecule has 2 N–H and O–H groups in total. The van der Waals surface area contributed by atoms with Crippen LogP contribution in [0.25, 0.3) is 5.69 Å². The molecular weight excluding hydrogens is 555 g/mol. The van der Waals surface area contributed by atoms with Gasteiger partial charge in [-0.05, 0) is 73.5 Å². The molecule has 1 fully saturated rings. The number of halogens is 2. The third kappa shape index (κ3) is 6.39. The molecule has 206 valence electrons. The number of carbonyl (C=O) groups is 1. The van der Waals surface area contributed by atoms with Gasteiger partial charge in [0, 0.05) is 24.4 Å². The van der Waals surface area contributed by atoms with E-state index in [1.165, 1.54) is 10.9 Å². The van der Waals surface area contributed by atoms with E-state index in [9.17, 15) is 9.59 Å². The maximum Gasteiger partial charge on any atom is 0.299 e. The summed E-state index contributed by atoms with van der Waals surface area (Å²) in [6, 6.07) is 18.5. The number of aromatic nitrogens is 2. The van der Waals surface area contributed by atoms with Crippen LogP contribution in [0, 0.1) is 0 Å². The fourth-order valence-corrected chi connectivity index (χ4v) is 4.49. The van der Waals surface area contributed by atoms with Gasteiger partial charge in [0.25, 0.3) is 11.5 Å². The van der Waals surface area contributed by atoms with Gasteiger partial charge in [0.15, 0.2) is 11.4 Å². The number of methoxy groups -OCH3 is 1. The second kappa shape index (κ2) is 12.4. The van der Waals surface area contributed by atoms with Crippen LogP contribution in [0.1, 0.15) is 23.2 Å². The van der Waals surface area contributed by atoms with Crippen molar-refractivity contribution in [2.24, 2.45) is 0 Å². The number of hydrogen-bond acceptors (Lipinski definition) is 7. The number of benzene rings is 3. The molecule has 4 aromatic rings. The Bertz CT molecular complexity index is 1570. The van der Waals surface area contributed by atoms with Crippen molar-refractivity contribution in [3.63, 3.8) is 0 Å². The fraction of sp³-hybridized carbons (Fsp3) is 0.207. The van der Waals surface area contributed by atoms with E-state index in [2.05, 4.69) is 15.7 Å². The molecule has 40 heavy (non-hydrogen) atoms. The first-order valence-electron chi connectivity index (χ1n) is 12.6. The largest absolute Gasteiger partial charge is 0.497 e.